The van der Waals surface area contributed by atoms with Gasteiger partial charge in [-0.15, -0.1) is 0 Å². The number of Topliss-reactive ketones (excluding diaryl/α,β-unsaturated/α-hetero) is 1. The maximum atomic E-state index is 12.1. The third kappa shape index (κ3) is 1.52. The molecule has 2 bridgehead atoms. The van der Waals surface area contributed by atoms with E-state index in [4.69, 9.17) is 4.74 Å². The number of ketones is 1. The normalized spacial score (nSPS) is 33.1. The summed E-state index contributed by atoms with van der Waals surface area (Å²) in [6, 6.07) is 7.63. The molecule has 2 aliphatic rings. The van der Waals surface area contributed by atoms with Gasteiger partial charge in [0.25, 0.3) is 0 Å². The van der Waals surface area contributed by atoms with E-state index in [1.54, 1.807) is 0 Å². The summed E-state index contributed by atoms with van der Waals surface area (Å²) in [6.07, 6.45) is 0.639. The zero-order valence-corrected chi connectivity index (χ0v) is 10.4. The van der Waals surface area contributed by atoms with Crippen LogP contribution in [0.3, 0.4) is 0 Å². The molecule has 3 atom stereocenters. The lowest BCUT2D eigenvalue weighted by molar-refractivity contribution is -0.145. The van der Waals surface area contributed by atoms with Crippen LogP contribution in [0.15, 0.2) is 24.3 Å². The molecule has 1 fully saturated rings. The molecule has 18 heavy (non-hydrogen) atoms. The number of rotatable bonds is 1. The predicted octanol–water partition coefficient (Wildman–Crippen LogP) is 1.60. The van der Waals surface area contributed by atoms with Crippen molar-refractivity contribution in [3.8, 4) is 5.75 Å². The Morgan fingerprint density at radius 2 is 2.17 bits per heavy atom. The molecule has 2 heterocycles. The third-order valence-electron chi connectivity index (χ3n) is 3.77. The van der Waals surface area contributed by atoms with Gasteiger partial charge in [-0.1, -0.05) is 18.2 Å². The van der Waals surface area contributed by atoms with Gasteiger partial charge in [-0.3, -0.25) is 9.59 Å². The van der Waals surface area contributed by atoms with Crippen LogP contribution in [-0.4, -0.2) is 17.4 Å². The van der Waals surface area contributed by atoms with Crippen molar-refractivity contribution in [1.29, 1.82) is 0 Å². The van der Waals surface area contributed by atoms with E-state index in [9.17, 15) is 9.59 Å². The molecule has 0 aliphatic carbocycles. The molecule has 2 aliphatic heterocycles. The minimum absolute atomic E-state index is 0.0776. The van der Waals surface area contributed by atoms with Gasteiger partial charge in [0.15, 0.2) is 5.72 Å². The van der Waals surface area contributed by atoms with Crippen molar-refractivity contribution in [2.45, 2.75) is 31.9 Å². The second kappa shape index (κ2) is 3.57. The molecule has 1 saturated heterocycles. The van der Waals surface area contributed by atoms with Gasteiger partial charge in [0, 0.05) is 12.3 Å². The quantitative estimate of drug-likeness (QED) is 0.765. The molecule has 94 valence electrons. The molecule has 1 aromatic rings. The van der Waals surface area contributed by atoms with Crippen LogP contribution < -0.4 is 10.1 Å². The van der Waals surface area contributed by atoms with Crippen molar-refractivity contribution < 1.29 is 14.3 Å². The fraction of sp³-hybridized carbons (Fsp3) is 0.429. The van der Waals surface area contributed by atoms with Crippen LogP contribution in [0.2, 0.25) is 0 Å². The topological polar surface area (TPSA) is 55.4 Å². The van der Waals surface area contributed by atoms with Crippen LogP contribution in [0.25, 0.3) is 0 Å². The Morgan fingerprint density at radius 3 is 2.89 bits per heavy atom. The van der Waals surface area contributed by atoms with Crippen LogP contribution in [0, 0.1) is 5.92 Å². The monoisotopic (exact) mass is 245 g/mol. The summed E-state index contributed by atoms with van der Waals surface area (Å²) in [7, 11) is 0. The first-order chi connectivity index (χ1) is 8.50. The highest BCUT2D eigenvalue weighted by Crippen LogP contribution is 2.46. The van der Waals surface area contributed by atoms with Gasteiger partial charge in [0.1, 0.15) is 17.5 Å². The molecule has 1 unspecified atom stereocenters. The molecular weight excluding hydrogens is 230 g/mol. The van der Waals surface area contributed by atoms with Crippen molar-refractivity contribution in [3.63, 3.8) is 0 Å². The molecule has 1 N–H and O–H groups in total. The number of carbonyl (C=O) groups is 2. The average molecular weight is 245 g/mol. The summed E-state index contributed by atoms with van der Waals surface area (Å²) in [5.74, 6) is -0.219. The Bertz CT molecular complexity index is 540. The first-order valence-electron chi connectivity index (χ1n) is 6.11. The van der Waals surface area contributed by atoms with Crippen molar-refractivity contribution in [2.24, 2.45) is 5.92 Å². The number of carbonyl (C=O) groups excluding carboxylic acids is 2. The van der Waals surface area contributed by atoms with E-state index in [0.29, 0.717) is 6.42 Å². The molecule has 1 aromatic carbocycles. The second-order valence-electron chi connectivity index (χ2n) is 5.26. The first kappa shape index (κ1) is 11.3. The van der Waals surface area contributed by atoms with Crippen molar-refractivity contribution in [2.75, 3.05) is 0 Å². The summed E-state index contributed by atoms with van der Waals surface area (Å²) in [4.78, 5) is 23.8. The zero-order chi connectivity index (χ0) is 12.9. The smallest absolute Gasteiger partial charge is 0.234 e. The Morgan fingerprint density at radius 1 is 1.44 bits per heavy atom. The number of nitrogens with one attached hydrogen (secondary N) is 1. The Labute approximate surface area is 105 Å². The van der Waals surface area contributed by atoms with Crippen LogP contribution in [-0.2, 0) is 9.59 Å². The minimum atomic E-state index is -0.692. The van der Waals surface area contributed by atoms with Crippen molar-refractivity contribution in [1.82, 2.24) is 5.32 Å². The maximum absolute atomic E-state index is 12.1. The highest BCUT2D eigenvalue weighted by Gasteiger charge is 2.50. The minimum Gasteiger partial charge on any atom is -0.468 e. The average Bonchev–Trinajstić information content (AvgIpc) is 2.26. The fourth-order valence-corrected chi connectivity index (χ4v) is 3.06. The number of amides is 1. The molecule has 1 amide bonds. The standard InChI is InChI=1S/C14H15NO3/c1-8(16)12-10-7-14(2,15-13(12)17)18-11-6-4-3-5-9(10)11/h3-6,10,12H,7H2,1-2H3,(H,15,17)/t10-,12?,14-/m1/s1. The molecule has 3 rings (SSSR count). The highest BCUT2D eigenvalue weighted by atomic mass is 16.5. The molecule has 4 heteroatoms. The lowest BCUT2D eigenvalue weighted by Crippen LogP contribution is -2.61. The van der Waals surface area contributed by atoms with Gasteiger partial charge in [-0.25, -0.2) is 0 Å². The lowest BCUT2D eigenvalue weighted by atomic mass is 9.73. The van der Waals surface area contributed by atoms with E-state index < -0.39 is 11.6 Å². The summed E-state index contributed by atoms with van der Waals surface area (Å²) < 4.78 is 5.85. The molecule has 4 nitrogen and oxygen atoms in total. The van der Waals surface area contributed by atoms with Crippen LogP contribution >= 0.6 is 0 Å². The Kier molecular flexibility index (Phi) is 2.24. The van der Waals surface area contributed by atoms with Gasteiger partial charge in [-0.05, 0) is 25.5 Å². The summed E-state index contributed by atoms with van der Waals surface area (Å²) in [5, 5.41) is 2.81. The summed E-state index contributed by atoms with van der Waals surface area (Å²) in [5.41, 5.74) is 0.271. The number of benzene rings is 1. The Balaban J connectivity index is 2.14. The number of fused-ring (bicyclic) bond motifs is 4. The van der Waals surface area contributed by atoms with E-state index in [1.807, 2.05) is 31.2 Å². The van der Waals surface area contributed by atoms with Gasteiger partial charge in [0.2, 0.25) is 5.91 Å². The number of hydrogen-bond donors (Lipinski definition) is 1. The van der Waals surface area contributed by atoms with Crippen molar-refractivity contribution in [3.05, 3.63) is 29.8 Å². The lowest BCUT2D eigenvalue weighted by Gasteiger charge is -2.46. The highest BCUT2D eigenvalue weighted by molar-refractivity contribution is 6.02. The molecule has 0 spiro atoms. The Hall–Kier alpha value is -1.84. The largest absolute Gasteiger partial charge is 0.468 e. The summed E-state index contributed by atoms with van der Waals surface area (Å²) in [6.45, 7) is 3.33. The van der Waals surface area contributed by atoms with Crippen LogP contribution in [0.1, 0.15) is 31.7 Å². The van der Waals surface area contributed by atoms with Gasteiger partial charge < -0.3 is 10.1 Å². The van der Waals surface area contributed by atoms with Gasteiger partial charge >= 0.3 is 0 Å². The van der Waals surface area contributed by atoms with Gasteiger partial charge in [-0.2, -0.15) is 0 Å². The molecule has 0 radical (unpaired) electrons. The second-order valence-corrected chi connectivity index (χ2v) is 5.26. The van der Waals surface area contributed by atoms with E-state index in [0.717, 1.165) is 11.3 Å². The third-order valence-corrected chi connectivity index (χ3v) is 3.77. The molecule has 0 saturated carbocycles. The van der Waals surface area contributed by atoms with E-state index in [2.05, 4.69) is 5.32 Å². The SMILES string of the molecule is CC(=O)C1C(=O)N[C@@]2(C)C[C@@H]1c1ccccc1O2. The molecular formula is C14H15NO3. The van der Waals surface area contributed by atoms with E-state index in [1.165, 1.54) is 6.92 Å². The number of para-hydroxylation sites is 1. The number of ether oxygens (including phenoxy) is 1. The van der Waals surface area contributed by atoms with Crippen LogP contribution in [0.5, 0.6) is 5.75 Å². The maximum Gasteiger partial charge on any atom is 0.234 e. The molecule has 0 aromatic heterocycles. The summed E-state index contributed by atoms with van der Waals surface area (Å²) >= 11 is 0. The van der Waals surface area contributed by atoms with E-state index in [-0.39, 0.29) is 17.6 Å². The predicted molar refractivity (Wildman–Crippen MR) is 65.1 cm³/mol. The van der Waals surface area contributed by atoms with Gasteiger partial charge in [0.05, 0.1) is 0 Å². The number of piperidine rings is 1. The number of hydrogen-bond acceptors (Lipinski definition) is 3. The fourth-order valence-electron chi connectivity index (χ4n) is 3.06. The zero-order valence-electron chi connectivity index (χ0n) is 10.4. The van der Waals surface area contributed by atoms with Crippen molar-refractivity contribution >= 4 is 11.7 Å². The first-order valence-corrected chi connectivity index (χ1v) is 6.11. The van der Waals surface area contributed by atoms with Crippen LogP contribution in [0.4, 0.5) is 0 Å². The van der Waals surface area contributed by atoms with E-state index >= 15 is 0 Å².